The van der Waals surface area contributed by atoms with Crippen LogP contribution in [0.1, 0.15) is 29.8 Å². The van der Waals surface area contributed by atoms with Crippen LogP contribution in [0.25, 0.3) is 0 Å². The Labute approximate surface area is 179 Å². The standard InChI is InChI=1S/C21H18F5N3O3/c1-3-31-13-6-5-11(9-14(13)32-4-2)21(30)27-15-7-8-29(28-15)10-12-16(22)18(24)20(26)19(25)17(12)23/h5-9H,3-4,10H2,1-2H3,(H,27,28,30). The minimum atomic E-state index is -2.24. The number of halogens is 5. The van der Waals surface area contributed by atoms with Crippen LogP contribution < -0.4 is 14.8 Å². The number of anilines is 1. The number of hydrogen-bond donors (Lipinski definition) is 1. The smallest absolute Gasteiger partial charge is 0.257 e. The highest BCUT2D eigenvalue weighted by Crippen LogP contribution is 2.29. The quantitative estimate of drug-likeness (QED) is 0.305. The monoisotopic (exact) mass is 455 g/mol. The summed E-state index contributed by atoms with van der Waals surface area (Å²) >= 11 is 0. The Balaban J connectivity index is 1.78. The minimum Gasteiger partial charge on any atom is -0.490 e. The first-order chi connectivity index (χ1) is 15.3. The van der Waals surface area contributed by atoms with Crippen LogP contribution in [0.15, 0.2) is 30.5 Å². The molecule has 0 atom stereocenters. The topological polar surface area (TPSA) is 65.4 Å². The molecule has 0 saturated carbocycles. The summed E-state index contributed by atoms with van der Waals surface area (Å²) in [4.78, 5) is 12.5. The zero-order valence-electron chi connectivity index (χ0n) is 17.0. The van der Waals surface area contributed by atoms with Crippen molar-refractivity contribution >= 4 is 11.7 Å². The van der Waals surface area contributed by atoms with Gasteiger partial charge in [-0.1, -0.05) is 0 Å². The van der Waals surface area contributed by atoms with Gasteiger partial charge in [-0.2, -0.15) is 5.10 Å². The predicted octanol–water partition coefficient (Wildman–Crippen LogP) is 4.68. The van der Waals surface area contributed by atoms with Crippen molar-refractivity contribution in [2.45, 2.75) is 20.4 Å². The number of carbonyl (C=O) groups is 1. The molecule has 0 aliphatic heterocycles. The van der Waals surface area contributed by atoms with Crippen molar-refractivity contribution in [3.63, 3.8) is 0 Å². The number of rotatable bonds is 8. The van der Waals surface area contributed by atoms with Crippen LogP contribution in [0.5, 0.6) is 11.5 Å². The van der Waals surface area contributed by atoms with Crippen molar-refractivity contribution in [1.82, 2.24) is 9.78 Å². The summed E-state index contributed by atoms with van der Waals surface area (Å²) in [5, 5.41) is 6.38. The molecule has 1 aromatic heterocycles. The van der Waals surface area contributed by atoms with Crippen LogP contribution in [0.2, 0.25) is 0 Å². The van der Waals surface area contributed by atoms with Gasteiger partial charge in [-0.3, -0.25) is 9.48 Å². The van der Waals surface area contributed by atoms with Crippen LogP contribution in [-0.4, -0.2) is 28.9 Å². The Morgan fingerprint density at radius 1 is 0.906 bits per heavy atom. The fraction of sp³-hybridized carbons (Fsp3) is 0.238. The van der Waals surface area contributed by atoms with Crippen LogP contribution in [0, 0.1) is 29.1 Å². The number of nitrogens with one attached hydrogen (secondary N) is 1. The van der Waals surface area contributed by atoms with E-state index in [1.165, 1.54) is 24.4 Å². The molecule has 1 N–H and O–H groups in total. The van der Waals surface area contributed by atoms with E-state index < -0.39 is 47.1 Å². The number of amides is 1. The average Bonchev–Trinajstić information content (AvgIpc) is 3.22. The second-order valence-electron chi connectivity index (χ2n) is 6.43. The first-order valence-electron chi connectivity index (χ1n) is 9.51. The first-order valence-corrected chi connectivity index (χ1v) is 9.51. The largest absolute Gasteiger partial charge is 0.490 e. The highest BCUT2D eigenvalue weighted by atomic mass is 19.2. The van der Waals surface area contributed by atoms with Gasteiger partial charge in [0.2, 0.25) is 5.82 Å². The number of benzene rings is 2. The normalized spacial score (nSPS) is 10.8. The lowest BCUT2D eigenvalue weighted by Crippen LogP contribution is -2.14. The maximum Gasteiger partial charge on any atom is 0.257 e. The summed E-state index contributed by atoms with van der Waals surface area (Å²) < 4.78 is 79.5. The molecule has 11 heteroatoms. The molecule has 6 nitrogen and oxygen atoms in total. The second-order valence-corrected chi connectivity index (χ2v) is 6.43. The summed E-state index contributed by atoms with van der Waals surface area (Å²) in [5.41, 5.74) is -0.818. The van der Waals surface area contributed by atoms with E-state index in [-0.39, 0.29) is 11.4 Å². The molecule has 1 amide bonds. The Morgan fingerprint density at radius 3 is 2.12 bits per heavy atom. The van der Waals surface area contributed by atoms with Crippen molar-refractivity contribution in [1.29, 1.82) is 0 Å². The molecular weight excluding hydrogens is 437 g/mol. The molecule has 3 aromatic rings. The highest BCUT2D eigenvalue weighted by Gasteiger charge is 2.26. The Bertz CT molecular complexity index is 1120. The summed E-state index contributed by atoms with van der Waals surface area (Å²) in [6.45, 7) is 3.61. The molecule has 2 aromatic carbocycles. The summed E-state index contributed by atoms with van der Waals surface area (Å²) in [7, 11) is 0. The van der Waals surface area contributed by atoms with Gasteiger partial charge >= 0.3 is 0 Å². The Hall–Kier alpha value is -3.63. The van der Waals surface area contributed by atoms with E-state index >= 15 is 0 Å². The van der Waals surface area contributed by atoms with Gasteiger partial charge in [0.1, 0.15) is 0 Å². The van der Waals surface area contributed by atoms with Gasteiger partial charge in [-0.05, 0) is 32.0 Å². The lowest BCUT2D eigenvalue weighted by molar-refractivity contribution is 0.102. The van der Waals surface area contributed by atoms with Crippen molar-refractivity contribution in [2.24, 2.45) is 0 Å². The fourth-order valence-electron chi connectivity index (χ4n) is 2.85. The number of hydrogen-bond acceptors (Lipinski definition) is 4. The molecule has 0 bridgehead atoms. The van der Waals surface area contributed by atoms with Gasteiger partial charge in [0.15, 0.2) is 40.6 Å². The second kappa shape index (κ2) is 9.67. The van der Waals surface area contributed by atoms with Crippen LogP contribution >= 0.6 is 0 Å². The molecule has 0 unspecified atom stereocenters. The maximum absolute atomic E-state index is 13.9. The third-order valence-electron chi connectivity index (χ3n) is 4.31. The van der Waals surface area contributed by atoms with Crippen LogP contribution in [-0.2, 0) is 6.54 Å². The van der Waals surface area contributed by atoms with Crippen LogP contribution in [0.4, 0.5) is 27.8 Å². The summed E-state index contributed by atoms with van der Waals surface area (Å²) in [6.07, 6.45) is 1.22. The van der Waals surface area contributed by atoms with Crippen molar-refractivity contribution < 1.29 is 36.2 Å². The van der Waals surface area contributed by atoms with Gasteiger partial charge in [0, 0.05) is 17.8 Å². The average molecular weight is 455 g/mol. The van der Waals surface area contributed by atoms with Gasteiger partial charge in [0.25, 0.3) is 5.91 Å². The highest BCUT2D eigenvalue weighted by molar-refractivity contribution is 6.04. The molecule has 3 rings (SSSR count). The van der Waals surface area contributed by atoms with E-state index in [0.717, 1.165) is 4.68 Å². The third-order valence-corrected chi connectivity index (χ3v) is 4.31. The molecule has 170 valence electrons. The molecule has 1 heterocycles. The molecule has 0 fully saturated rings. The van der Waals surface area contributed by atoms with Gasteiger partial charge in [-0.15, -0.1) is 0 Å². The molecular formula is C21H18F5N3O3. The van der Waals surface area contributed by atoms with Crippen molar-refractivity contribution in [3.8, 4) is 11.5 Å². The lowest BCUT2D eigenvalue weighted by atomic mass is 10.1. The van der Waals surface area contributed by atoms with Gasteiger partial charge in [0.05, 0.1) is 25.3 Å². The van der Waals surface area contributed by atoms with E-state index in [4.69, 9.17) is 9.47 Å². The zero-order chi connectivity index (χ0) is 23.4. The van der Waals surface area contributed by atoms with Gasteiger partial charge in [-0.25, -0.2) is 22.0 Å². The Morgan fingerprint density at radius 2 is 1.50 bits per heavy atom. The zero-order valence-corrected chi connectivity index (χ0v) is 17.0. The van der Waals surface area contributed by atoms with E-state index in [9.17, 15) is 26.7 Å². The SMILES string of the molecule is CCOc1ccc(C(=O)Nc2ccn(Cc3c(F)c(F)c(F)c(F)c3F)n2)cc1OCC. The van der Waals surface area contributed by atoms with Gasteiger partial charge < -0.3 is 14.8 Å². The number of ether oxygens (including phenoxy) is 2. The lowest BCUT2D eigenvalue weighted by Gasteiger charge is -2.12. The minimum absolute atomic E-state index is 0.00529. The molecule has 0 aliphatic carbocycles. The van der Waals surface area contributed by atoms with Crippen molar-refractivity contribution in [3.05, 3.63) is 70.7 Å². The van der Waals surface area contributed by atoms with E-state index in [1.807, 2.05) is 0 Å². The molecule has 0 spiro atoms. The van der Waals surface area contributed by atoms with E-state index in [1.54, 1.807) is 19.9 Å². The van der Waals surface area contributed by atoms with Crippen LogP contribution in [0.3, 0.4) is 0 Å². The first kappa shape index (κ1) is 23.0. The van der Waals surface area contributed by atoms with E-state index in [2.05, 4.69) is 10.4 Å². The molecule has 32 heavy (non-hydrogen) atoms. The number of nitrogens with zero attached hydrogens (tertiary/aromatic N) is 2. The number of carbonyl (C=O) groups excluding carboxylic acids is 1. The maximum atomic E-state index is 13.9. The summed E-state index contributed by atoms with van der Waals surface area (Å²) in [6, 6.07) is 5.87. The fourth-order valence-corrected chi connectivity index (χ4v) is 2.85. The third kappa shape index (κ3) is 4.66. The molecule has 0 radical (unpaired) electrons. The Kier molecular flexibility index (Phi) is 6.96. The van der Waals surface area contributed by atoms with E-state index in [0.29, 0.717) is 24.7 Å². The number of aromatic nitrogens is 2. The molecule has 0 aliphatic rings. The predicted molar refractivity (Wildman–Crippen MR) is 104 cm³/mol. The molecule has 0 saturated heterocycles. The van der Waals surface area contributed by atoms with Crippen molar-refractivity contribution in [2.75, 3.05) is 18.5 Å². The summed E-state index contributed by atoms with van der Waals surface area (Å²) in [5.74, 6) is -9.92.